The fraction of sp³-hybridized carbons (Fsp3) is 0.412. The van der Waals surface area contributed by atoms with Crippen LogP contribution in [0.3, 0.4) is 0 Å². The molecule has 0 radical (unpaired) electrons. The lowest BCUT2D eigenvalue weighted by atomic mass is 9.94. The van der Waals surface area contributed by atoms with Crippen molar-refractivity contribution in [1.29, 1.82) is 0 Å². The van der Waals surface area contributed by atoms with Crippen LogP contribution < -0.4 is 5.63 Å². The van der Waals surface area contributed by atoms with Gasteiger partial charge in [0, 0.05) is 23.5 Å². The zero-order valence-electron chi connectivity index (χ0n) is 12.8. The highest BCUT2D eigenvalue weighted by molar-refractivity contribution is 6.38. The molecule has 1 saturated carbocycles. The van der Waals surface area contributed by atoms with Crippen molar-refractivity contribution in [3.8, 4) is 0 Å². The Morgan fingerprint density at radius 1 is 1.17 bits per heavy atom. The first-order valence-electron chi connectivity index (χ1n) is 7.67. The van der Waals surface area contributed by atoms with Gasteiger partial charge in [-0.15, -0.1) is 0 Å². The van der Waals surface area contributed by atoms with Gasteiger partial charge in [0.05, 0.1) is 5.02 Å². The van der Waals surface area contributed by atoms with E-state index in [2.05, 4.69) is 0 Å². The van der Waals surface area contributed by atoms with Crippen LogP contribution in [-0.2, 0) is 0 Å². The van der Waals surface area contributed by atoms with Gasteiger partial charge in [0.25, 0.3) is 5.91 Å². The number of fused-ring (bicyclic) bond motifs is 1. The lowest BCUT2D eigenvalue weighted by Crippen LogP contribution is -2.40. The summed E-state index contributed by atoms with van der Waals surface area (Å²) in [5.74, 6) is -0.316. The second-order valence-electron chi connectivity index (χ2n) is 5.96. The van der Waals surface area contributed by atoms with Gasteiger partial charge in [0.1, 0.15) is 5.56 Å². The maximum atomic E-state index is 12.7. The second-order valence-corrected chi connectivity index (χ2v) is 6.81. The Balaban J connectivity index is 2.00. The first-order chi connectivity index (χ1) is 11.0. The van der Waals surface area contributed by atoms with Crippen LogP contribution in [0, 0.1) is 0 Å². The summed E-state index contributed by atoms with van der Waals surface area (Å²) in [6.07, 6.45) is 5.37. The third-order valence-corrected chi connectivity index (χ3v) is 4.92. The monoisotopic (exact) mass is 353 g/mol. The molecule has 1 fully saturated rings. The average molecular weight is 354 g/mol. The van der Waals surface area contributed by atoms with Gasteiger partial charge >= 0.3 is 5.63 Å². The molecule has 23 heavy (non-hydrogen) atoms. The molecule has 1 heterocycles. The molecule has 2 aromatic rings. The minimum Gasteiger partial charge on any atom is -0.421 e. The van der Waals surface area contributed by atoms with Crippen LogP contribution in [0.15, 0.2) is 27.4 Å². The number of nitrogens with zero attached hydrogens (tertiary/aromatic N) is 1. The fourth-order valence-electron chi connectivity index (χ4n) is 3.13. The maximum Gasteiger partial charge on any atom is 0.349 e. The second kappa shape index (κ2) is 6.54. The Kier molecular flexibility index (Phi) is 4.64. The summed E-state index contributed by atoms with van der Waals surface area (Å²) in [6, 6.07) is 4.82. The van der Waals surface area contributed by atoms with Crippen LogP contribution in [0.1, 0.15) is 42.5 Å². The van der Waals surface area contributed by atoms with Crippen molar-refractivity contribution in [2.45, 2.75) is 38.1 Å². The lowest BCUT2D eigenvalue weighted by molar-refractivity contribution is 0.0692. The largest absolute Gasteiger partial charge is 0.421 e. The smallest absolute Gasteiger partial charge is 0.349 e. The molecule has 0 bridgehead atoms. The summed E-state index contributed by atoms with van der Waals surface area (Å²) in [6.45, 7) is 0. The predicted octanol–water partition coefficient (Wildman–Crippen LogP) is 4.50. The summed E-state index contributed by atoms with van der Waals surface area (Å²) in [5, 5.41) is 1.22. The first kappa shape index (κ1) is 16.3. The molecular formula is C17H17Cl2NO3. The van der Waals surface area contributed by atoms with Gasteiger partial charge in [-0.05, 0) is 31.0 Å². The predicted molar refractivity (Wildman–Crippen MR) is 91.5 cm³/mol. The van der Waals surface area contributed by atoms with Crippen molar-refractivity contribution in [2.24, 2.45) is 0 Å². The van der Waals surface area contributed by atoms with E-state index in [9.17, 15) is 9.59 Å². The van der Waals surface area contributed by atoms with Gasteiger partial charge in [-0.1, -0.05) is 42.5 Å². The van der Waals surface area contributed by atoms with E-state index in [1.165, 1.54) is 18.6 Å². The molecule has 0 atom stereocenters. The summed E-state index contributed by atoms with van der Waals surface area (Å²) < 4.78 is 5.24. The molecule has 1 aromatic carbocycles. The summed E-state index contributed by atoms with van der Waals surface area (Å²) in [7, 11) is 1.74. The number of benzene rings is 1. The Morgan fingerprint density at radius 2 is 1.87 bits per heavy atom. The van der Waals surface area contributed by atoms with Crippen LogP contribution in [0.5, 0.6) is 0 Å². The van der Waals surface area contributed by atoms with E-state index in [0.29, 0.717) is 10.4 Å². The normalized spacial score (nSPS) is 15.8. The highest BCUT2D eigenvalue weighted by Crippen LogP contribution is 2.28. The Hall–Kier alpha value is -1.52. The third kappa shape index (κ3) is 3.24. The Labute approximate surface area is 144 Å². The number of hydrogen-bond donors (Lipinski definition) is 0. The van der Waals surface area contributed by atoms with E-state index in [-0.39, 0.29) is 28.1 Å². The summed E-state index contributed by atoms with van der Waals surface area (Å²) in [4.78, 5) is 26.5. The molecule has 122 valence electrons. The van der Waals surface area contributed by atoms with E-state index < -0.39 is 5.63 Å². The number of rotatable bonds is 2. The topological polar surface area (TPSA) is 50.5 Å². The third-order valence-electron chi connectivity index (χ3n) is 4.42. The zero-order valence-corrected chi connectivity index (χ0v) is 14.3. The quantitative estimate of drug-likeness (QED) is 0.746. The van der Waals surface area contributed by atoms with Crippen LogP contribution in [0.25, 0.3) is 11.0 Å². The van der Waals surface area contributed by atoms with Crippen molar-refractivity contribution in [3.63, 3.8) is 0 Å². The average Bonchev–Trinajstić information content (AvgIpc) is 2.54. The van der Waals surface area contributed by atoms with Crippen molar-refractivity contribution in [1.82, 2.24) is 4.90 Å². The highest BCUT2D eigenvalue weighted by Gasteiger charge is 2.25. The number of hydrogen-bond acceptors (Lipinski definition) is 3. The molecule has 0 N–H and O–H groups in total. The van der Waals surface area contributed by atoms with Crippen LogP contribution in [0.4, 0.5) is 0 Å². The molecule has 4 nitrogen and oxygen atoms in total. The van der Waals surface area contributed by atoms with E-state index >= 15 is 0 Å². The lowest BCUT2D eigenvalue weighted by Gasteiger charge is -2.31. The van der Waals surface area contributed by atoms with Crippen molar-refractivity contribution in [3.05, 3.63) is 44.2 Å². The molecular weight excluding hydrogens is 337 g/mol. The summed E-state index contributed by atoms with van der Waals surface area (Å²) >= 11 is 12.0. The number of carbonyl (C=O) groups excluding carboxylic acids is 1. The van der Waals surface area contributed by atoms with Crippen LogP contribution >= 0.6 is 23.2 Å². The number of halogens is 2. The minimum absolute atomic E-state index is 0.0175. The molecule has 6 heteroatoms. The molecule has 1 aliphatic rings. The number of amides is 1. The molecule has 0 spiro atoms. The van der Waals surface area contributed by atoms with E-state index in [0.717, 1.165) is 25.7 Å². The SMILES string of the molecule is CN(C(=O)c1cc2cc(Cl)cc(Cl)c2oc1=O)C1CCCCC1. The molecule has 0 unspecified atom stereocenters. The van der Waals surface area contributed by atoms with Crippen LogP contribution in [-0.4, -0.2) is 23.9 Å². The molecule has 1 aromatic heterocycles. The standard InChI is InChI=1S/C17H17Cl2NO3/c1-20(12-5-3-2-4-6-12)16(21)13-8-10-7-11(18)9-14(19)15(10)23-17(13)22/h7-9,12H,2-6H2,1H3. The Bertz CT molecular complexity index is 809. The molecule has 0 aliphatic heterocycles. The fourth-order valence-corrected chi connectivity index (χ4v) is 3.68. The van der Waals surface area contributed by atoms with Crippen molar-refractivity contribution in [2.75, 3.05) is 7.05 Å². The van der Waals surface area contributed by atoms with E-state index in [1.54, 1.807) is 18.0 Å². The van der Waals surface area contributed by atoms with Gasteiger partial charge in [0.15, 0.2) is 5.58 Å². The van der Waals surface area contributed by atoms with Gasteiger partial charge < -0.3 is 9.32 Å². The molecule has 1 amide bonds. The zero-order chi connectivity index (χ0) is 16.6. The first-order valence-corrected chi connectivity index (χ1v) is 8.43. The minimum atomic E-state index is -0.672. The van der Waals surface area contributed by atoms with Gasteiger partial charge in [-0.3, -0.25) is 4.79 Å². The van der Waals surface area contributed by atoms with Crippen molar-refractivity contribution < 1.29 is 9.21 Å². The van der Waals surface area contributed by atoms with Gasteiger partial charge in [-0.2, -0.15) is 0 Å². The molecule has 0 saturated heterocycles. The molecule has 1 aliphatic carbocycles. The van der Waals surface area contributed by atoms with E-state index in [1.807, 2.05) is 0 Å². The van der Waals surface area contributed by atoms with Crippen molar-refractivity contribution >= 4 is 40.1 Å². The Morgan fingerprint density at radius 3 is 2.57 bits per heavy atom. The maximum absolute atomic E-state index is 12.7. The van der Waals surface area contributed by atoms with E-state index in [4.69, 9.17) is 27.6 Å². The van der Waals surface area contributed by atoms with Gasteiger partial charge in [-0.25, -0.2) is 4.79 Å². The van der Waals surface area contributed by atoms with Crippen LogP contribution in [0.2, 0.25) is 10.0 Å². The highest BCUT2D eigenvalue weighted by atomic mass is 35.5. The number of carbonyl (C=O) groups is 1. The summed E-state index contributed by atoms with van der Waals surface area (Å²) in [5.41, 5.74) is -0.406. The van der Waals surface area contributed by atoms with Gasteiger partial charge in [0.2, 0.25) is 0 Å². The molecule has 3 rings (SSSR count).